The molecule has 16 heterocycles. The fourth-order valence-corrected chi connectivity index (χ4v) is 20.1. The molecule has 5 aliphatic heterocycles. The second-order valence-corrected chi connectivity index (χ2v) is 37.7. The van der Waals surface area contributed by atoms with E-state index in [-0.39, 0.29) is 34.8 Å². The molecule has 25 rings (SSSR count). The number of piperidine rings is 1. The summed E-state index contributed by atoms with van der Waals surface area (Å²) in [6, 6.07) is 76.4. The van der Waals surface area contributed by atoms with Crippen LogP contribution in [0.15, 0.2) is 309 Å². The molecular weight excluding hydrogens is 1790 g/mol. The number of nitrogens with zero attached hydrogens (tertiary/aromatic N) is 13. The average Bonchev–Trinajstić information content (AvgIpc) is 1.70. The number of fused-ring (bicyclic) bond motifs is 9. The number of piperazine rings is 2. The lowest BCUT2D eigenvalue weighted by molar-refractivity contribution is 0.162. The largest absolute Gasteiger partial charge is 0.490 e. The van der Waals surface area contributed by atoms with E-state index < -0.39 is 11.3 Å². The van der Waals surface area contributed by atoms with Crippen molar-refractivity contribution in [1.29, 1.82) is 0 Å². The highest BCUT2D eigenvalue weighted by atomic mass is 32.1. The summed E-state index contributed by atoms with van der Waals surface area (Å²) in [5, 5.41) is 14.4. The Kier molecular flexibility index (Phi) is 26.0. The molecule has 0 radical (unpaired) electrons. The topological polar surface area (TPSA) is 302 Å². The van der Waals surface area contributed by atoms with Crippen LogP contribution >= 0.6 is 22.7 Å². The van der Waals surface area contributed by atoms with E-state index in [4.69, 9.17) is 35.7 Å². The fourth-order valence-electron chi connectivity index (χ4n) is 18.3. The molecular formula is C109H101N15O13S2. The van der Waals surface area contributed by atoms with Crippen LogP contribution in [0.2, 0.25) is 0 Å². The van der Waals surface area contributed by atoms with Gasteiger partial charge in [0.2, 0.25) is 11.8 Å². The molecule has 5 fully saturated rings. The van der Waals surface area contributed by atoms with Gasteiger partial charge in [-0.1, -0.05) is 72.8 Å². The van der Waals surface area contributed by atoms with Crippen LogP contribution < -0.4 is 63.1 Å². The maximum atomic E-state index is 12.7. The molecule has 2 N–H and O–H groups in total. The monoisotopic (exact) mass is 1890 g/mol. The molecule has 30 heteroatoms. The maximum Gasteiger partial charge on any atom is 0.349 e. The molecule has 0 saturated carbocycles. The summed E-state index contributed by atoms with van der Waals surface area (Å²) < 4.78 is 48.7. The van der Waals surface area contributed by atoms with E-state index in [0.29, 0.717) is 88.6 Å². The number of imidazole rings is 1. The number of anilines is 4. The van der Waals surface area contributed by atoms with Crippen molar-refractivity contribution in [2.24, 2.45) is 0 Å². The Morgan fingerprint density at radius 1 is 0.388 bits per heavy atom. The number of nitrogens with one attached hydrogen (secondary N) is 2. The van der Waals surface area contributed by atoms with Gasteiger partial charge in [0.25, 0.3) is 0 Å². The summed E-state index contributed by atoms with van der Waals surface area (Å²) in [5.41, 5.74) is 15.6. The van der Waals surface area contributed by atoms with Crippen LogP contribution in [0.1, 0.15) is 31.2 Å². The molecule has 0 aliphatic carbocycles. The van der Waals surface area contributed by atoms with Gasteiger partial charge in [0.1, 0.15) is 77.6 Å². The Bertz CT molecular complexity index is 8140. The van der Waals surface area contributed by atoms with Crippen molar-refractivity contribution in [3.05, 3.63) is 312 Å². The van der Waals surface area contributed by atoms with Gasteiger partial charge in [-0.05, 0) is 219 Å². The minimum Gasteiger partial charge on any atom is -0.490 e. The van der Waals surface area contributed by atoms with Crippen LogP contribution in [0, 0.1) is 6.92 Å². The highest BCUT2D eigenvalue weighted by Gasteiger charge is 2.28. The van der Waals surface area contributed by atoms with Crippen molar-refractivity contribution < 1.29 is 35.7 Å². The summed E-state index contributed by atoms with van der Waals surface area (Å²) in [7, 11) is 8.51. The molecule has 0 spiro atoms. The normalized spacial score (nSPS) is 15.7. The SMILES string of the molecule is CN(C)C1CCN(c2ccc3cc(-c4nc5ccccc5o4)c(=O)oc3c2)C1.CN1CCCN(c2ccc3cc(-c4nc5ccccc5o4)c(=O)oc3c2)CC1.CN1CCN(c2ccc3cc(-c4nc(-c5ccccc5)cs4)c(=O)oc3c2)CC1.Cc1cccn2cc(-c3cc4ccc(N5CCNCC5)cc4oc3=O)nc12.O=c1oc2cc(OC3CCNCC3)ccc2cc1-c1nc2ccccc2s1. The number of thiazole rings is 2. The van der Waals surface area contributed by atoms with E-state index >= 15 is 0 Å². The number of benzene rings is 9. The summed E-state index contributed by atoms with van der Waals surface area (Å²) >= 11 is 2.96. The Morgan fingerprint density at radius 2 is 0.863 bits per heavy atom. The van der Waals surface area contributed by atoms with Gasteiger partial charge in [-0.25, -0.2) is 48.9 Å². The lowest BCUT2D eigenvalue weighted by Gasteiger charge is -2.34. The Morgan fingerprint density at radius 3 is 1.42 bits per heavy atom. The quantitative estimate of drug-likeness (QED) is 0.101. The van der Waals surface area contributed by atoms with Crippen molar-refractivity contribution in [2.45, 2.75) is 44.8 Å². The molecule has 702 valence electrons. The number of rotatable bonds is 13. The predicted molar refractivity (Wildman–Crippen MR) is 552 cm³/mol. The van der Waals surface area contributed by atoms with Crippen molar-refractivity contribution in [3.63, 3.8) is 0 Å². The summed E-state index contributed by atoms with van der Waals surface area (Å²) in [6.45, 7) is 17.9. The third-order valence-corrected chi connectivity index (χ3v) is 28.1. The predicted octanol–water partition coefficient (Wildman–Crippen LogP) is 18.8. The number of likely N-dealkylation sites (N-methyl/N-ethyl adjacent to an activating group) is 3. The Labute approximate surface area is 805 Å². The number of aryl methyl sites for hydroxylation is 1. The lowest BCUT2D eigenvalue weighted by atomic mass is 10.1. The van der Waals surface area contributed by atoms with Gasteiger partial charge in [-0.2, -0.15) is 0 Å². The van der Waals surface area contributed by atoms with Crippen LogP contribution in [0.4, 0.5) is 22.7 Å². The molecule has 20 aromatic rings. The van der Waals surface area contributed by atoms with Gasteiger partial charge in [-0.15, -0.1) is 22.7 Å². The third kappa shape index (κ3) is 20.0. The first-order valence-electron chi connectivity index (χ1n) is 46.9. The molecule has 0 bridgehead atoms. The highest BCUT2D eigenvalue weighted by Crippen LogP contribution is 2.37. The van der Waals surface area contributed by atoms with Gasteiger partial charge >= 0.3 is 28.1 Å². The molecule has 28 nitrogen and oxygen atoms in total. The number of hydrogen-bond acceptors (Lipinski definition) is 29. The first-order valence-corrected chi connectivity index (χ1v) is 48.6. The molecule has 5 aliphatic rings. The number of pyridine rings is 1. The zero-order valence-corrected chi connectivity index (χ0v) is 79.1. The van der Waals surface area contributed by atoms with Gasteiger partial charge in [0.05, 0.1) is 38.3 Å². The minimum absolute atomic E-state index is 0.206. The third-order valence-electron chi connectivity index (χ3n) is 26.2. The molecule has 139 heavy (non-hydrogen) atoms. The number of hydrogen-bond donors (Lipinski definition) is 2. The van der Waals surface area contributed by atoms with E-state index in [1.807, 2.05) is 223 Å². The molecule has 9 aromatic carbocycles. The van der Waals surface area contributed by atoms with Crippen LogP contribution in [0.3, 0.4) is 0 Å². The number of aromatic nitrogens is 6. The molecule has 5 saturated heterocycles. The van der Waals surface area contributed by atoms with Crippen LogP contribution in [0.25, 0.3) is 159 Å². The summed E-state index contributed by atoms with van der Waals surface area (Å²) in [5.74, 6) is 1.32. The lowest BCUT2D eigenvalue weighted by Crippen LogP contribution is -2.44. The molecule has 0 amide bonds. The zero-order chi connectivity index (χ0) is 94.7. The number of ether oxygens (including phenoxy) is 1. The first kappa shape index (κ1) is 90.5. The van der Waals surface area contributed by atoms with Crippen LogP contribution in [0.5, 0.6) is 5.75 Å². The van der Waals surface area contributed by atoms with E-state index in [0.717, 1.165) is 230 Å². The highest BCUT2D eigenvalue weighted by molar-refractivity contribution is 7.21. The standard InChI is InChI=1S/C23H21N3O2S.2C22H21N3O3.C21H20N4O2.C21H18N2O3S/c1-25-9-11-26(12-10-25)18-8-7-17-13-19(23(27)28-21(17)14-18)22-24-20(15-29-22)16-5-3-2-4-6-16;1-24(2)16-9-10-25(13-16)15-8-7-14-11-17(22(26)28-20(14)12-15)21-23-18-5-3-4-6-19(18)27-21;1-24-9-4-10-25(12-11-24)16-8-7-15-13-17(22(26)28-20(15)14-16)21-23-18-5-2-3-6-19(18)27-21;1-14-3-2-8-25-13-18(23-20(14)25)17-11-15-4-5-16(12-19(15)27-21(17)26)24-9-6-22-7-10-24;24-21-16(20-23-17-3-1-2-4-19(17)27-20)11-13-5-6-15(12-18(13)26-21)25-14-7-9-22-10-8-14/h2-8,13-15H,9-12H2,1H3;3-8,11-12,16H,9-10,13H2,1-2H3;2-3,5-8,13-14H,4,9-12H2,1H3;2-5,8,11-13,22H,6-7,9-10H2,1H3;1-6,11-12,14,22H,7-10H2. The second kappa shape index (κ2) is 40.0. The van der Waals surface area contributed by atoms with Gasteiger partial charge < -0.3 is 85.0 Å². The van der Waals surface area contributed by atoms with E-state index in [2.05, 4.69) is 122 Å². The van der Waals surface area contributed by atoms with Gasteiger partial charge in [0.15, 0.2) is 11.2 Å². The van der Waals surface area contributed by atoms with Crippen molar-refractivity contribution in [3.8, 4) is 72.3 Å². The Balaban J connectivity index is 0.000000103. The fraction of sp³-hybridized carbons (Fsp3) is 0.248. The summed E-state index contributed by atoms with van der Waals surface area (Å²) in [4.78, 5) is 102. The average molecular weight is 1890 g/mol. The summed E-state index contributed by atoms with van der Waals surface area (Å²) in [6.07, 6.45) is 8.23. The minimum atomic E-state index is -0.441. The second-order valence-electron chi connectivity index (χ2n) is 35.8. The van der Waals surface area contributed by atoms with Crippen molar-refractivity contribution >= 4 is 138 Å². The smallest absolute Gasteiger partial charge is 0.349 e. The van der Waals surface area contributed by atoms with Crippen LogP contribution in [-0.4, -0.2) is 189 Å². The first-order chi connectivity index (χ1) is 67.9. The van der Waals surface area contributed by atoms with E-state index in [9.17, 15) is 24.0 Å². The zero-order valence-electron chi connectivity index (χ0n) is 77.5. The molecule has 1 unspecified atom stereocenters. The van der Waals surface area contributed by atoms with Crippen LogP contribution in [-0.2, 0) is 0 Å². The van der Waals surface area contributed by atoms with Crippen molar-refractivity contribution in [2.75, 3.05) is 153 Å². The van der Waals surface area contributed by atoms with Gasteiger partial charge in [-0.3, -0.25) is 0 Å². The van der Waals surface area contributed by atoms with E-state index in [1.54, 1.807) is 18.2 Å². The Hall–Kier alpha value is -15.0. The van der Waals surface area contributed by atoms with Gasteiger partial charge in [0, 0.05) is 194 Å². The number of para-hydroxylation sites is 5. The van der Waals surface area contributed by atoms with Crippen molar-refractivity contribution in [1.82, 2.24) is 54.7 Å². The molecule has 1 atom stereocenters. The number of oxazole rings is 2. The molecule has 11 aromatic heterocycles. The van der Waals surface area contributed by atoms with E-state index in [1.165, 1.54) is 22.7 Å². The maximum absolute atomic E-state index is 12.7.